The normalized spacial score (nSPS) is 13.5. The average Bonchev–Trinajstić information content (AvgIpc) is 2.32. The van der Waals surface area contributed by atoms with E-state index in [1.165, 1.54) is 0 Å². The summed E-state index contributed by atoms with van der Waals surface area (Å²) in [6.07, 6.45) is 2.11. The quantitative estimate of drug-likeness (QED) is 0.606. The Morgan fingerprint density at radius 2 is 1.67 bits per heavy atom. The molecule has 0 aromatic heterocycles. The minimum atomic E-state index is -0.409. The Bertz CT molecular complexity index is 322. The molecule has 126 valence electrons. The number of carbonyl (C=O) groups excluding carboxylic acids is 2. The molecule has 4 N–H and O–H groups in total. The smallest absolute Gasteiger partial charge is 0.239 e. The van der Waals surface area contributed by atoms with E-state index in [1.54, 1.807) is 0 Å². The molecule has 0 aliphatic rings. The SMILES string of the molecule is CC(C)CCC(=O)NCC(=O)NC(C)(CN)CC(C)C.Cl. The van der Waals surface area contributed by atoms with E-state index >= 15 is 0 Å². The Balaban J connectivity index is 0. The number of hydrogen-bond donors (Lipinski definition) is 3. The number of halogens is 1. The van der Waals surface area contributed by atoms with Gasteiger partial charge in [-0.25, -0.2) is 0 Å². The predicted molar refractivity (Wildman–Crippen MR) is 89.4 cm³/mol. The van der Waals surface area contributed by atoms with Crippen LogP contribution in [0.25, 0.3) is 0 Å². The van der Waals surface area contributed by atoms with E-state index in [0.717, 1.165) is 12.8 Å². The molecule has 0 aromatic carbocycles. The first-order valence-electron chi connectivity index (χ1n) is 7.46. The van der Waals surface area contributed by atoms with Crippen molar-refractivity contribution in [2.24, 2.45) is 17.6 Å². The lowest BCUT2D eigenvalue weighted by atomic mass is 9.91. The molecule has 0 radical (unpaired) electrons. The summed E-state index contributed by atoms with van der Waals surface area (Å²) in [5.41, 5.74) is 5.33. The van der Waals surface area contributed by atoms with Gasteiger partial charge in [-0.3, -0.25) is 9.59 Å². The maximum absolute atomic E-state index is 11.9. The van der Waals surface area contributed by atoms with E-state index in [0.29, 0.717) is 24.8 Å². The van der Waals surface area contributed by atoms with Crippen LogP contribution >= 0.6 is 12.4 Å². The summed E-state index contributed by atoms with van der Waals surface area (Å²) in [6.45, 7) is 10.7. The molecule has 6 heteroatoms. The van der Waals surface area contributed by atoms with Gasteiger partial charge in [0, 0.05) is 18.5 Å². The fraction of sp³-hybridized carbons (Fsp3) is 0.867. The maximum Gasteiger partial charge on any atom is 0.239 e. The fourth-order valence-corrected chi connectivity index (χ4v) is 2.15. The molecule has 0 bridgehead atoms. The highest BCUT2D eigenvalue weighted by Crippen LogP contribution is 2.14. The summed E-state index contributed by atoms with van der Waals surface area (Å²) in [7, 11) is 0. The third-order valence-electron chi connectivity index (χ3n) is 3.15. The topological polar surface area (TPSA) is 84.2 Å². The van der Waals surface area contributed by atoms with Crippen molar-refractivity contribution in [1.29, 1.82) is 0 Å². The van der Waals surface area contributed by atoms with Gasteiger partial charge in [0.05, 0.1) is 6.54 Å². The van der Waals surface area contributed by atoms with Crippen LogP contribution in [0.1, 0.15) is 53.9 Å². The number of rotatable bonds is 9. The van der Waals surface area contributed by atoms with Crippen molar-refractivity contribution in [3.8, 4) is 0 Å². The summed E-state index contributed by atoms with van der Waals surface area (Å²) < 4.78 is 0. The summed E-state index contributed by atoms with van der Waals surface area (Å²) in [5, 5.41) is 5.56. The molecular formula is C15H32ClN3O2. The number of carbonyl (C=O) groups is 2. The molecule has 0 rings (SSSR count). The first kappa shape index (κ1) is 22.5. The van der Waals surface area contributed by atoms with Gasteiger partial charge in [0.1, 0.15) is 0 Å². The van der Waals surface area contributed by atoms with E-state index in [2.05, 4.69) is 38.3 Å². The fourth-order valence-electron chi connectivity index (χ4n) is 2.15. The average molecular weight is 322 g/mol. The van der Waals surface area contributed by atoms with Crippen LogP contribution in [0.15, 0.2) is 0 Å². The zero-order chi connectivity index (χ0) is 15.8. The van der Waals surface area contributed by atoms with Crippen molar-refractivity contribution in [2.75, 3.05) is 13.1 Å². The van der Waals surface area contributed by atoms with Crippen LogP contribution in [-0.4, -0.2) is 30.4 Å². The Morgan fingerprint density at radius 3 is 2.10 bits per heavy atom. The molecule has 0 aliphatic carbocycles. The van der Waals surface area contributed by atoms with Crippen molar-refractivity contribution in [3.05, 3.63) is 0 Å². The molecular weight excluding hydrogens is 290 g/mol. The van der Waals surface area contributed by atoms with Crippen molar-refractivity contribution >= 4 is 24.2 Å². The Kier molecular flexibility index (Phi) is 11.6. The summed E-state index contributed by atoms with van der Waals surface area (Å²) in [5.74, 6) is 0.675. The van der Waals surface area contributed by atoms with Gasteiger partial charge in [-0.1, -0.05) is 27.7 Å². The lowest BCUT2D eigenvalue weighted by Crippen LogP contribution is -2.54. The van der Waals surface area contributed by atoms with Gasteiger partial charge < -0.3 is 16.4 Å². The van der Waals surface area contributed by atoms with Gasteiger partial charge >= 0.3 is 0 Å². The highest BCUT2D eigenvalue weighted by Gasteiger charge is 2.25. The van der Waals surface area contributed by atoms with Crippen LogP contribution in [0.5, 0.6) is 0 Å². The minimum absolute atomic E-state index is 0. The van der Waals surface area contributed by atoms with E-state index in [4.69, 9.17) is 5.73 Å². The molecule has 0 aliphatic heterocycles. The summed E-state index contributed by atoms with van der Waals surface area (Å²) >= 11 is 0. The molecule has 5 nitrogen and oxygen atoms in total. The van der Waals surface area contributed by atoms with Gasteiger partial charge in [0.2, 0.25) is 11.8 Å². The lowest BCUT2D eigenvalue weighted by molar-refractivity contribution is -0.127. The van der Waals surface area contributed by atoms with Crippen molar-refractivity contribution < 1.29 is 9.59 Å². The third kappa shape index (κ3) is 11.5. The lowest BCUT2D eigenvalue weighted by Gasteiger charge is -2.31. The summed E-state index contributed by atoms with van der Waals surface area (Å²) in [4.78, 5) is 23.4. The Hall–Kier alpha value is -0.810. The highest BCUT2D eigenvalue weighted by molar-refractivity contribution is 5.85. The standard InChI is InChI=1S/C15H31N3O2.ClH/c1-11(2)6-7-13(19)17-9-14(20)18-15(5,10-16)8-12(3)4;/h11-12H,6-10,16H2,1-5H3,(H,17,19)(H,18,20);1H. The molecule has 0 saturated heterocycles. The molecule has 0 saturated carbocycles. The number of amides is 2. The van der Waals surface area contributed by atoms with E-state index in [-0.39, 0.29) is 30.8 Å². The maximum atomic E-state index is 11.9. The van der Waals surface area contributed by atoms with Gasteiger partial charge in [-0.2, -0.15) is 0 Å². The molecule has 0 heterocycles. The first-order chi connectivity index (χ1) is 9.18. The van der Waals surface area contributed by atoms with E-state index in [1.807, 2.05) is 6.92 Å². The monoisotopic (exact) mass is 321 g/mol. The second-order valence-electron chi connectivity index (χ2n) is 6.62. The molecule has 0 fully saturated rings. The second-order valence-corrected chi connectivity index (χ2v) is 6.62. The van der Waals surface area contributed by atoms with Gasteiger partial charge in [-0.15, -0.1) is 12.4 Å². The second kappa shape index (κ2) is 10.9. The molecule has 0 spiro atoms. The minimum Gasteiger partial charge on any atom is -0.348 e. The molecule has 21 heavy (non-hydrogen) atoms. The molecule has 2 amide bonds. The van der Waals surface area contributed by atoms with E-state index in [9.17, 15) is 9.59 Å². The van der Waals surface area contributed by atoms with Crippen molar-refractivity contribution in [2.45, 2.75) is 59.4 Å². The predicted octanol–water partition coefficient (Wildman–Crippen LogP) is 1.84. The van der Waals surface area contributed by atoms with Crippen molar-refractivity contribution in [1.82, 2.24) is 10.6 Å². The van der Waals surface area contributed by atoms with Gasteiger partial charge in [0.25, 0.3) is 0 Å². The molecule has 0 aromatic rings. The molecule has 1 unspecified atom stereocenters. The van der Waals surface area contributed by atoms with Crippen LogP contribution in [0.3, 0.4) is 0 Å². The Morgan fingerprint density at radius 1 is 1.10 bits per heavy atom. The molecule has 1 atom stereocenters. The zero-order valence-electron chi connectivity index (χ0n) is 14.0. The van der Waals surface area contributed by atoms with Crippen molar-refractivity contribution in [3.63, 3.8) is 0 Å². The van der Waals surface area contributed by atoms with Gasteiger partial charge in [0.15, 0.2) is 0 Å². The van der Waals surface area contributed by atoms with Gasteiger partial charge in [-0.05, 0) is 31.6 Å². The highest BCUT2D eigenvalue weighted by atomic mass is 35.5. The number of nitrogens with two attached hydrogens (primary N) is 1. The van der Waals surface area contributed by atoms with Crippen LogP contribution in [0, 0.1) is 11.8 Å². The van der Waals surface area contributed by atoms with Crippen LogP contribution in [0.4, 0.5) is 0 Å². The van der Waals surface area contributed by atoms with E-state index < -0.39 is 5.54 Å². The number of nitrogens with one attached hydrogen (secondary N) is 2. The largest absolute Gasteiger partial charge is 0.348 e. The zero-order valence-corrected chi connectivity index (χ0v) is 14.8. The number of hydrogen-bond acceptors (Lipinski definition) is 3. The van der Waals surface area contributed by atoms with Crippen LogP contribution in [0.2, 0.25) is 0 Å². The van der Waals surface area contributed by atoms with Crippen LogP contribution < -0.4 is 16.4 Å². The summed E-state index contributed by atoms with van der Waals surface area (Å²) in [6, 6.07) is 0. The first-order valence-corrected chi connectivity index (χ1v) is 7.46. The Labute approximate surface area is 135 Å². The third-order valence-corrected chi connectivity index (χ3v) is 3.15. The van der Waals surface area contributed by atoms with Crippen LogP contribution in [-0.2, 0) is 9.59 Å².